The first-order chi connectivity index (χ1) is 17.0. The quantitative estimate of drug-likeness (QED) is 0.212. The van der Waals surface area contributed by atoms with E-state index in [9.17, 15) is 9.59 Å². The number of aromatic nitrogens is 3. The van der Waals surface area contributed by atoms with Gasteiger partial charge in [-0.1, -0.05) is 53.4 Å². The van der Waals surface area contributed by atoms with Gasteiger partial charge < -0.3 is 10.3 Å². The molecule has 0 saturated carbocycles. The molecule has 3 aromatic heterocycles. The molecule has 6 nitrogen and oxygen atoms in total. The molecule has 176 valence electrons. The SMILES string of the molecule is CC(Sc1nc2scc(-c3ccc4c(c3)CCCC4)c2c(=O)[nH]1)C(=O)Nc1nc2ccccc2s1. The maximum absolute atomic E-state index is 13.1. The smallest absolute Gasteiger partial charge is 0.260 e. The Kier molecular flexibility index (Phi) is 5.91. The van der Waals surface area contributed by atoms with Crippen molar-refractivity contribution in [1.29, 1.82) is 0 Å². The molecule has 1 aliphatic carbocycles. The number of hydrogen-bond acceptors (Lipinski definition) is 7. The molecule has 6 rings (SSSR count). The van der Waals surface area contributed by atoms with E-state index in [1.165, 1.54) is 58.4 Å². The van der Waals surface area contributed by atoms with Gasteiger partial charge in [-0.05, 0) is 61.4 Å². The van der Waals surface area contributed by atoms with Crippen molar-refractivity contribution < 1.29 is 4.79 Å². The molecule has 0 bridgehead atoms. The van der Waals surface area contributed by atoms with Gasteiger partial charge in [0.05, 0.1) is 20.9 Å². The first-order valence-corrected chi connectivity index (χ1v) is 14.1. The summed E-state index contributed by atoms with van der Waals surface area (Å²) in [6.07, 6.45) is 4.69. The average molecular weight is 519 g/mol. The summed E-state index contributed by atoms with van der Waals surface area (Å²) in [7, 11) is 0. The zero-order valence-electron chi connectivity index (χ0n) is 19.0. The number of rotatable bonds is 5. The minimum Gasteiger partial charge on any atom is -0.301 e. The highest BCUT2D eigenvalue weighted by Gasteiger charge is 2.20. The largest absolute Gasteiger partial charge is 0.301 e. The molecule has 2 N–H and O–H groups in total. The third-order valence-corrected chi connectivity index (χ3v) is 9.07. The summed E-state index contributed by atoms with van der Waals surface area (Å²) in [6, 6.07) is 14.3. The van der Waals surface area contributed by atoms with Crippen molar-refractivity contribution >= 4 is 65.9 Å². The molecule has 3 heterocycles. The Morgan fingerprint density at radius 2 is 1.94 bits per heavy atom. The van der Waals surface area contributed by atoms with E-state index in [0.29, 0.717) is 20.5 Å². The Bertz CT molecular complexity index is 1600. The van der Waals surface area contributed by atoms with Gasteiger partial charge in [0.1, 0.15) is 4.83 Å². The van der Waals surface area contributed by atoms with Crippen LogP contribution < -0.4 is 10.9 Å². The van der Waals surface area contributed by atoms with Gasteiger partial charge in [-0.15, -0.1) is 11.3 Å². The molecular formula is C26H22N4O2S3. The van der Waals surface area contributed by atoms with Crippen molar-refractivity contribution in [3.8, 4) is 11.1 Å². The Morgan fingerprint density at radius 3 is 2.80 bits per heavy atom. The number of fused-ring (bicyclic) bond motifs is 3. The van der Waals surface area contributed by atoms with Gasteiger partial charge in [0.2, 0.25) is 5.91 Å². The lowest BCUT2D eigenvalue weighted by Gasteiger charge is -2.16. The first kappa shape index (κ1) is 22.5. The van der Waals surface area contributed by atoms with E-state index < -0.39 is 5.25 Å². The molecule has 35 heavy (non-hydrogen) atoms. The second kappa shape index (κ2) is 9.22. The standard InChI is InChI=1S/C26H22N4O2S3/c1-14(22(31)28-25-27-19-8-4-5-9-20(19)35-25)34-26-29-23(32)21-18(13-33-24(21)30-26)17-11-10-15-6-2-3-7-16(15)12-17/h4-5,8-14H,2-3,6-7H2,1H3,(H,27,28,31)(H,29,30,32). The number of aryl methyl sites for hydroxylation is 2. The van der Waals surface area contributed by atoms with Crippen molar-refractivity contribution in [3.63, 3.8) is 0 Å². The van der Waals surface area contributed by atoms with Crippen LogP contribution in [0.15, 0.2) is 57.8 Å². The van der Waals surface area contributed by atoms with Crippen LogP contribution >= 0.6 is 34.4 Å². The van der Waals surface area contributed by atoms with Crippen LogP contribution in [0.25, 0.3) is 31.6 Å². The molecule has 1 atom stereocenters. The second-order valence-corrected chi connectivity index (χ2v) is 11.8. The zero-order chi connectivity index (χ0) is 23.9. The van der Waals surface area contributed by atoms with Gasteiger partial charge >= 0.3 is 0 Å². The average Bonchev–Trinajstić information content (AvgIpc) is 3.47. The Hall–Kier alpha value is -3.01. The fourth-order valence-corrected chi connectivity index (χ4v) is 7.12. The molecular weight excluding hydrogens is 497 g/mol. The highest BCUT2D eigenvalue weighted by molar-refractivity contribution is 8.00. The summed E-state index contributed by atoms with van der Waals surface area (Å²) < 4.78 is 1.02. The number of thioether (sulfide) groups is 1. The van der Waals surface area contributed by atoms with Crippen LogP contribution in [0.5, 0.6) is 0 Å². The number of carbonyl (C=O) groups excluding carboxylic acids is 1. The third kappa shape index (κ3) is 4.39. The fourth-order valence-electron chi connectivity index (χ4n) is 4.45. The molecule has 0 saturated heterocycles. The number of nitrogens with one attached hydrogen (secondary N) is 2. The van der Waals surface area contributed by atoms with Crippen molar-refractivity contribution in [1.82, 2.24) is 15.0 Å². The molecule has 2 aromatic carbocycles. The fraction of sp³-hybridized carbons (Fsp3) is 0.231. The molecule has 0 aliphatic heterocycles. The van der Waals surface area contributed by atoms with Crippen molar-refractivity contribution in [3.05, 3.63) is 69.3 Å². The molecule has 0 radical (unpaired) electrons. The lowest BCUT2D eigenvalue weighted by atomic mass is 9.89. The van der Waals surface area contributed by atoms with Gasteiger partial charge in [-0.25, -0.2) is 9.97 Å². The Balaban J connectivity index is 1.22. The van der Waals surface area contributed by atoms with E-state index in [4.69, 9.17) is 0 Å². The molecule has 1 amide bonds. The van der Waals surface area contributed by atoms with Crippen LogP contribution in [0.3, 0.4) is 0 Å². The van der Waals surface area contributed by atoms with Gasteiger partial charge in [-0.2, -0.15) is 0 Å². The summed E-state index contributed by atoms with van der Waals surface area (Å²) in [4.78, 5) is 38.5. The van der Waals surface area contributed by atoms with Crippen LogP contribution in [0, 0.1) is 0 Å². The van der Waals surface area contributed by atoms with Gasteiger partial charge in [0.15, 0.2) is 10.3 Å². The number of benzene rings is 2. The zero-order valence-corrected chi connectivity index (χ0v) is 21.4. The van der Waals surface area contributed by atoms with Crippen LogP contribution in [0.4, 0.5) is 5.13 Å². The van der Waals surface area contributed by atoms with Gasteiger partial charge in [0.25, 0.3) is 5.56 Å². The minimum atomic E-state index is -0.456. The van der Waals surface area contributed by atoms with E-state index in [-0.39, 0.29) is 11.5 Å². The van der Waals surface area contributed by atoms with Crippen LogP contribution in [-0.4, -0.2) is 26.1 Å². The number of nitrogens with zero attached hydrogens (tertiary/aromatic N) is 2. The topological polar surface area (TPSA) is 87.7 Å². The predicted molar refractivity (Wildman–Crippen MR) is 146 cm³/mol. The summed E-state index contributed by atoms with van der Waals surface area (Å²) in [5.74, 6) is -0.183. The van der Waals surface area contributed by atoms with E-state index in [0.717, 1.165) is 34.2 Å². The summed E-state index contributed by atoms with van der Waals surface area (Å²) in [5, 5.41) is 6.05. The number of hydrogen-bond donors (Lipinski definition) is 2. The summed E-state index contributed by atoms with van der Waals surface area (Å²) >= 11 is 4.14. The van der Waals surface area contributed by atoms with Gasteiger partial charge in [0, 0.05) is 10.9 Å². The second-order valence-electron chi connectivity index (χ2n) is 8.63. The number of carbonyl (C=O) groups is 1. The van der Waals surface area contributed by atoms with Gasteiger partial charge in [-0.3, -0.25) is 9.59 Å². The van der Waals surface area contributed by atoms with Crippen molar-refractivity contribution in [2.24, 2.45) is 0 Å². The first-order valence-electron chi connectivity index (χ1n) is 11.5. The summed E-state index contributed by atoms with van der Waals surface area (Å²) in [6.45, 7) is 1.80. The van der Waals surface area contributed by atoms with Crippen molar-refractivity contribution in [2.75, 3.05) is 5.32 Å². The number of thiazole rings is 1. The van der Waals surface area contributed by atoms with E-state index >= 15 is 0 Å². The number of anilines is 1. The molecule has 5 aromatic rings. The molecule has 1 aliphatic rings. The monoisotopic (exact) mass is 518 g/mol. The van der Waals surface area contributed by atoms with E-state index in [1.807, 2.05) is 29.6 Å². The predicted octanol–water partition coefficient (Wildman–Crippen LogP) is 6.26. The molecule has 1 unspecified atom stereocenters. The number of para-hydroxylation sites is 1. The van der Waals surface area contributed by atoms with Crippen LogP contribution in [0.1, 0.15) is 30.9 Å². The number of thiophene rings is 1. The molecule has 0 spiro atoms. The minimum absolute atomic E-state index is 0.176. The molecule has 9 heteroatoms. The van der Waals surface area contributed by atoms with E-state index in [2.05, 4.69) is 38.5 Å². The highest BCUT2D eigenvalue weighted by Crippen LogP contribution is 2.34. The maximum Gasteiger partial charge on any atom is 0.260 e. The Morgan fingerprint density at radius 1 is 1.11 bits per heavy atom. The number of aromatic amines is 1. The number of amides is 1. The van der Waals surface area contributed by atoms with Crippen molar-refractivity contribution in [2.45, 2.75) is 43.0 Å². The van der Waals surface area contributed by atoms with Crippen LogP contribution in [-0.2, 0) is 17.6 Å². The highest BCUT2D eigenvalue weighted by atomic mass is 32.2. The normalized spacial score (nSPS) is 14.2. The lowest BCUT2D eigenvalue weighted by molar-refractivity contribution is -0.115. The van der Waals surface area contributed by atoms with Crippen LogP contribution in [0.2, 0.25) is 0 Å². The van der Waals surface area contributed by atoms with E-state index in [1.54, 1.807) is 6.92 Å². The lowest BCUT2D eigenvalue weighted by Crippen LogP contribution is -2.23. The maximum atomic E-state index is 13.1. The third-order valence-electron chi connectivity index (χ3n) is 6.26. The molecule has 0 fully saturated rings. The number of H-pyrrole nitrogens is 1. The Labute approximate surface area is 213 Å². The summed E-state index contributed by atoms with van der Waals surface area (Å²) in [5.41, 5.74) is 5.47.